The van der Waals surface area contributed by atoms with Gasteiger partial charge in [-0.2, -0.15) is 15.8 Å². The van der Waals surface area contributed by atoms with Crippen LogP contribution >= 0.6 is 0 Å². The molecule has 0 bridgehead atoms. The molecule has 0 fully saturated rings. The molecule has 1 aromatic rings. The lowest BCUT2D eigenvalue weighted by Crippen LogP contribution is -2.03. The number of rotatable bonds is 2. The standard InChI is InChI=1S/C13H8N4O3/c14-4-8(12(17)9(5-15)6-16)1-7-2-10(18)13(20)11(19)3-7/h1-3,18-20H,17H2/b8-1+. The number of hydrogen-bond donors (Lipinski definition) is 4. The smallest absolute Gasteiger partial charge is 0.200 e. The highest BCUT2D eigenvalue weighted by molar-refractivity contribution is 5.69. The Labute approximate surface area is 114 Å². The summed E-state index contributed by atoms with van der Waals surface area (Å²) in [6.07, 6.45) is 1.16. The van der Waals surface area contributed by atoms with Crippen molar-refractivity contribution in [3.63, 3.8) is 0 Å². The van der Waals surface area contributed by atoms with Crippen molar-refractivity contribution in [1.29, 1.82) is 15.8 Å². The van der Waals surface area contributed by atoms with Crippen molar-refractivity contribution in [2.45, 2.75) is 0 Å². The highest BCUT2D eigenvalue weighted by Gasteiger charge is 2.11. The number of nitriles is 3. The van der Waals surface area contributed by atoms with Gasteiger partial charge in [-0.05, 0) is 23.8 Å². The van der Waals surface area contributed by atoms with Crippen LogP contribution in [0.15, 0.2) is 29.0 Å². The van der Waals surface area contributed by atoms with Gasteiger partial charge in [0.2, 0.25) is 0 Å². The number of nitrogens with zero attached hydrogens (tertiary/aromatic N) is 3. The summed E-state index contributed by atoms with van der Waals surface area (Å²) in [6.45, 7) is 0. The lowest BCUT2D eigenvalue weighted by molar-refractivity contribution is 0.368. The lowest BCUT2D eigenvalue weighted by atomic mass is 10.1. The molecule has 5 N–H and O–H groups in total. The Morgan fingerprint density at radius 2 is 1.50 bits per heavy atom. The number of hydrogen-bond acceptors (Lipinski definition) is 7. The van der Waals surface area contributed by atoms with Crippen molar-refractivity contribution < 1.29 is 15.3 Å². The molecule has 0 spiro atoms. The zero-order valence-electron chi connectivity index (χ0n) is 9.99. The van der Waals surface area contributed by atoms with Gasteiger partial charge >= 0.3 is 0 Å². The van der Waals surface area contributed by atoms with E-state index in [-0.39, 0.29) is 16.8 Å². The van der Waals surface area contributed by atoms with Crippen molar-refractivity contribution in [3.05, 3.63) is 34.5 Å². The summed E-state index contributed by atoms with van der Waals surface area (Å²) in [5.41, 5.74) is 4.75. The quantitative estimate of drug-likeness (QED) is 0.353. The molecule has 0 aliphatic heterocycles. The van der Waals surface area contributed by atoms with Crippen LogP contribution in [0, 0.1) is 34.0 Å². The normalized spacial score (nSPS) is 9.95. The monoisotopic (exact) mass is 268 g/mol. The van der Waals surface area contributed by atoms with Gasteiger partial charge in [0.1, 0.15) is 18.2 Å². The number of benzene rings is 1. The van der Waals surface area contributed by atoms with Crippen molar-refractivity contribution in [1.82, 2.24) is 0 Å². The third-order valence-corrected chi connectivity index (χ3v) is 2.31. The maximum absolute atomic E-state index is 9.34. The van der Waals surface area contributed by atoms with Crippen LogP contribution in [0.4, 0.5) is 0 Å². The molecule has 0 atom stereocenters. The Morgan fingerprint density at radius 3 is 1.90 bits per heavy atom. The van der Waals surface area contributed by atoms with Crippen molar-refractivity contribution in [2.24, 2.45) is 5.73 Å². The summed E-state index contributed by atoms with van der Waals surface area (Å²) < 4.78 is 0. The largest absolute Gasteiger partial charge is 0.504 e. The van der Waals surface area contributed by atoms with Gasteiger partial charge in [0.05, 0.1) is 11.3 Å². The average Bonchev–Trinajstić information content (AvgIpc) is 2.43. The summed E-state index contributed by atoms with van der Waals surface area (Å²) in [6, 6.07) is 6.96. The minimum atomic E-state index is -0.695. The van der Waals surface area contributed by atoms with Gasteiger partial charge in [-0.3, -0.25) is 0 Å². The van der Waals surface area contributed by atoms with Crippen LogP contribution in [0.3, 0.4) is 0 Å². The topological polar surface area (TPSA) is 158 Å². The van der Waals surface area contributed by atoms with Crippen LogP contribution in [0.2, 0.25) is 0 Å². The molecule has 0 aromatic heterocycles. The number of phenolic OH excluding ortho intramolecular Hbond substituents is 3. The molecule has 0 saturated heterocycles. The molecule has 1 aromatic carbocycles. The molecule has 7 heteroatoms. The van der Waals surface area contributed by atoms with Crippen LogP contribution < -0.4 is 5.73 Å². The predicted molar refractivity (Wildman–Crippen MR) is 67.5 cm³/mol. The molecule has 0 aliphatic carbocycles. The van der Waals surface area contributed by atoms with E-state index in [1.165, 1.54) is 0 Å². The first-order valence-corrected chi connectivity index (χ1v) is 5.11. The Hall–Kier alpha value is -3.63. The van der Waals surface area contributed by atoms with Crippen molar-refractivity contribution in [3.8, 4) is 35.5 Å². The summed E-state index contributed by atoms with van der Waals surface area (Å²) in [5, 5.41) is 54.2. The second-order valence-electron chi connectivity index (χ2n) is 3.59. The fourth-order valence-corrected chi connectivity index (χ4v) is 1.33. The van der Waals surface area contributed by atoms with Crippen LogP contribution in [0.1, 0.15) is 5.56 Å². The minimum absolute atomic E-state index is 0.160. The average molecular weight is 268 g/mol. The van der Waals surface area contributed by atoms with Gasteiger partial charge in [-0.15, -0.1) is 0 Å². The number of allylic oxidation sites excluding steroid dienone is 2. The van der Waals surface area contributed by atoms with Gasteiger partial charge < -0.3 is 21.1 Å². The first kappa shape index (κ1) is 14.4. The SMILES string of the molecule is N#CC(C#N)=C(N)/C(C#N)=C/c1cc(O)c(O)c(O)c1. The summed E-state index contributed by atoms with van der Waals surface area (Å²) in [4.78, 5) is 0. The van der Waals surface area contributed by atoms with Gasteiger partial charge in [0.25, 0.3) is 0 Å². The molecule has 0 aliphatic rings. The van der Waals surface area contributed by atoms with Crippen LogP contribution in [-0.2, 0) is 0 Å². The number of nitrogens with two attached hydrogens (primary N) is 1. The molecule has 0 saturated carbocycles. The van der Waals surface area contributed by atoms with E-state index in [0.717, 1.165) is 18.2 Å². The summed E-state index contributed by atoms with van der Waals surface area (Å²) in [5.74, 6) is -1.87. The van der Waals surface area contributed by atoms with Crippen LogP contribution in [0.5, 0.6) is 17.2 Å². The fourth-order valence-electron chi connectivity index (χ4n) is 1.33. The van der Waals surface area contributed by atoms with Gasteiger partial charge in [0.15, 0.2) is 22.8 Å². The Morgan fingerprint density at radius 1 is 1.00 bits per heavy atom. The lowest BCUT2D eigenvalue weighted by Gasteiger charge is -2.04. The first-order chi connectivity index (χ1) is 9.44. The molecular formula is C13H8N4O3. The van der Waals surface area contributed by atoms with E-state index in [1.54, 1.807) is 18.2 Å². The van der Waals surface area contributed by atoms with Gasteiger partial charge in [-0.1, -0.05) is 0 Å². The molecule has 0 heterocycles. The highest BCUT2D eigenvalue weighted by atomic mass is 16.3. The van der Waals surface area contributed by atoms with Gasteiger partial charge in [-0.25, -0.2) is 0 Å². The number of aromatic hydroxyl groups is 3. The molecule has 0 unspecified atom stereocenters. The van der Waals surface area contributed by atoms with Crippen LogP contribution in [-0.4, -0.2) is 15.3 Å². The highest BCUT2D eigenvalue weighted by Crippen LogP contribution is 2.36. The molecule has 0 amide bonds. The molecular weight excluding hydrogens is 260 g/mol. The third kappa shape index (κ3) is 2.79. The van der Waals surface area contributed by atoms with Crippen molar-refractivity contribution in [2.75, 3.05) is 0 Å². The minimum Gasteiger partial charge on any atom is -0.504 e. The predicted octanol–water partition coefficient (Wildman–Crippen LogP) is 0.970. The van der Waals surface area contributed by atoms with E-state index in [4.69, 9.17) is 21.5 Å². The third-order valence-electron chi connectivity index (χ3n) is 2.31. The number of phenols is 3. The Balaban J connectivity index is 3.43. The first-order valence-electron chi connectivity index (χ1n) is 5.11. The van der Waals surface area contributed by atoms with E-state index in [9.17, 15) is 15.3 Å². The second kappa shape index (κ2) is 5.81. The Kier molecular flexibility index (Phi) is 4.19. The maximum Gasteiger partial charge on any atom is 0.200 e. The van der Waals surface area contributed by atoms with Crippen LogP contribution in [0.25, 0.3) is 6.08 Å². The second-order valence-corrected chi connectivity index (χ2v) is 3.59. The van der Waals surface area contributed by atoms with E-state index in [1.807, 2.05) is 0 Å². The molecule has 98 valence electrons. The molecule has 1 rings (SSSR count). The van der Waals surface area contributed by atoms with E-state index in [2.05, 4.69) is 0 Å². The molecule has 20 heavy (non-hydrogen) atoms. The maximum atomic E-state index is 9.34. The molecule has 7 nitrogen and oxygen atoms in total. The van der Waals surface area contributed by atoms with E-state index < -0.39 is 22.8 Å². The zero-order valence-corrected chi connectivity index (χ0v) is 9.99. The summed E-state index contributed by atoms with van der Waals surface area (Å²) in [7, 11) is 0. The van der Waals surface area contributed by atoms with E-state index >= 15 is 0 Å². The van der Waals surface area contributed by atoms with E-state index in [0.29, 0.717) is 0 Å². The van der Waals surface area contributed by atoms with Crippen molar-refractivity contribution >= 4 is 6.08 Å². The zero-order chi connectivity index (χ0) is 15.3. The fraction of sp³-hybridized carbons (Fsp3) is 0. The molecule has 0 radical (unpaired) electrons. The Bertz CT molecular complexity index is 703. The summed E-state index contributed by atoms with van der Waals surface area (Å²) >= 11 is 0. The van der Waals surface area contributed by atoms with Gasteiger partial charge in [0, 0.05) is 0 Å².